The Kier molecular flexibility index (Phi) is 7.71. The molecule has 7 aromatic rings. The van der Waals surface area contributed by atoms with Gasteiger partial charge in [-0.3, -0.25) is 0 Å². The molecule has 0 spiro atoms. The molecule has 2 aliphatic rings. The lowest BCUT2D eigenvalue weighted by Crippen LogP contribution is -2.18. The fourth-order valence-corrected chi connectivity index (χ4v) is 9.01. The Morgan fingerprint density at radius 3 is 1.25 bits per heavy atom. The monoisotopic (exact) mass is 686 g/mol. The second-order valence-electron chi connectivity index (χ2n) is 16.0. The van der Waals surface area contributed by atoms with Crippen molar-refractivity contribution in [3.8, 4) is 22.3 Å². The van der Waals surface area contributed by atoms with Crippen LogP contribution in [-0.4, -0.2) is 0 Å². The molecule has 0 heterocycles. The molecule has 0 amide bonds. The minimum Gasteiger partial charge on any atom is -0.310 e. The summed E-state index contributed by atoms with van der Waals surface area (Å²) in [6.45, 7) is 14.4. The molecule has 0 aromatic heterocycles. The van der Waals surface area contributed by atoms with E-state index in [1.165, 1.54) is 61.4 Å². The van der Waals surface area contributed by atoms with Gasteiger partial charge in [-0.15, -0.1) is 0 Å². The van der Waals surface area contributed by atoms with Crippen LogP contribution in [-0.2, 0) is 10.8 Å². The molecule has 0 N–H and O–H groups in total. The number of fused-ring (bicyclic) bond motifs is 6. The van der Waals surface area contributed by atoms with E-state index in [0.29, 0.717) is 5.92 Å². The summed E-state index contributed by atoms with van der Waals surface area (Å²) in [4.78, 5) is 4.79. The molecule has 0 unspecified atom stereocenters. The Hall–Kier alpha value is -5.86. The minimum atomic E-state index is -0.178. The highest BCUT2D eigenvalue weighted by atomic mass is 15.1. The largest absolute Gasteiger partial charge is 0.310 e. The topological polar surface area (TPSA) is 6.48 Å². The SMILES string of the molecule is CC(C)c1cc(N(c2ccccc2)c2ccccc2)cc2c1-c1cc3c(cc1C2(C)C)-c1ccc(N(c2ccccc2)c2ccccc2)cc1C3(C)C. The average Bonchev–Trinajstić information content (AvgIpc) is 3.54. The molecule has 0 radical (unpaired) electrons. The molecule has 0 saturated carbocycles. The maximum atomic E-state index is 2.56. The van der Waals surface area contributed by atoms with Crippen molar-refractivity contribution in [1.82, 2.24) is 0 Å². The Bertz CT molecular complexity index is 2380. The van der Waals surface area contributed by atoms with Gasteiger partial charge in [-0.1, -0.05) is 120 Å². The van der Waals surface area contributed by atoms with Gasteiger partial charge in [0.1, 0.15) is 0 Å². The van der Waals surface area contributed by atoms with Crippen molar-refractivity contribution in [1.29, 1.82) is 0 Å². The molecule has 2 heteroatoms. The van der Waals surface area contributed by atoms with Crippen LogP contribution in [0.3, 0.4) is 0 Å². The maximum Gasteiger partial charge on any atom is 0.0467 e. The van der Waals surface area contributed by atoms with Gasteiger partial charge >= 0.3 is 0 Å². The molecule has 7 aromatic carbocycles. The van der Waals surface area contributed by atoms with Gasteiger partial charge in [0.2, 0.25) is 0 Å². The first-order valence-electron chi connectivity index (χ1n) is 19.0. The van der Waals surface area contributed by atoms with Crippen LogP contribution in [0.15, 0.2) is 164 Å². The molecule has 53 heavy (non-hydrogen) atoms. The Morgan fingerprint density at radius 1 is 0.358 bits per heavy atom. The van der Waals surface area contributed by atoms with E-state index in [0.717, 1.165) is 22.7 Å². The van der Waals surface area contributed by atoms with Crippen molar-refractivity contribution in [2.45, 2.75) is 58.3 Å². The van der Waals surface area contributed by atoms with Crippen molar-refractivity contribution in [2.24, 2.45) is 0 Å². The number of hydrogen-bond acceptors (Lipinski definition) is 2. The van der Waals surface area contributed by atoms with Gasteiger partial charge in [0.05, 0.1) is 0 Å². The number of rotatable bonds is 7. The van der Waals surface area contributed by atoms with E-state index in [2.05, 4.69) is 215 Å². The summed E-state index contributed by atoms with van der Waals surface area (Å²) in [6, 6.07) is 60.1. The molecule has 0 saturated heterocycles. The highest BCUT2D eigenvalue weighted by molar-refractivity contribution is 5.93. The first-order chi connectivity index (χ1) is 25.6. The summed E-state index contributed by atoms with van der Waals surface area (Å²) >= 11 is 0. The Labute approximate surface area is 315 Å². The van der Waals surface area contributed by atoms with Gasteiger partial charge in [0.15, 0.2) is 0 Å². The zero-order chi connectivity index (χ0) is 36.5. The maximum absolute atomic E-state index is 2.56. The molecule has 0 fully saturated rings. The normalized spacial score (nSPS) is 14.3. The van der Waals surface area contributed by atoms with Crippen molar-refractivity contribution >= 4 is 34.1 Å². The van der Waals surface area contributed by atoms with Gasteiger partial charge in [0, 0.05) is 45.0 Å². The second-order valence-corrected chi connectivity index (χ2v) is 16.0. The van der Waals surface area contributed by atoms with Gasteiger partial charge in [-0.25, -0.2) is 0 Å². The standard InChI is InChI=1S/C51H46N2/c1-34(2)42-29-40(53(37-23-15-9-16-24-37)38-25-17-10-18-26-38)31-48-49(42)44-33-46-43(32-47(44)51(48,5)6)41-28-27-39(30-45(41)50(46,3)4)52(35-19-11-7-12-20-35)36-21-13-8-14-22-36/h7-34H,1-6H3. The highest BCUT2D eigenvalue weighted by Crippen LogP contribution is 2.59. The van der Waals surface area contributed by atoms with E-state index >= 15 is 0 Å². The fourth-order valence-electron chi connectivity index (χ4n) is 9.01. The van der Waals surface area contributed by atoms with Gasteiger partial charge in [0.25, 0.3) is 0 Å². The quantitative estimate of drug-likeness (QED) is 0.165. The van der Waals surface area contributed by atoms with E-state index < -0.39 is 0 Å². The fraction of sp³-hybridized carbons (Fsp3) is 0.176. The van der Waals surface area contributed by atoms with Crippen molar-refractivity contribution in [3.05, 3.63) is 192 Å². The van der Waals surface area contributed by atoms with Crippen LogP contribution in [0, 0.1) is 0 Å². The predicted octanol–water partition coefficient (Wildman–Crippen LogP) is 14.4. The number of nitrogens with zero attached hydrogens (tertiary/aromatic N) is 2. The lowest BCUT2D eigenvalue weighted by molar-refractivity contribution is 0.651. The number of benzene rings is 7. The van der Waals surface area contributed by atoms with Crippen LogP contribution in [0.25, 0.3) is 22.3 Å². The third-order valence-corrected chi connectivity index (χ3v) is 11.8. The lowest BCUT2D eigenvalue weighted by Gasteiger charge is -2.29. The van der Waals surface area contributed by atoms with Gasteiger partial charge < -0.3 is 9.80 Å². The van der Waals surface area contributed by atoms with Gasteiger partial charge in [-0.2, -0.15) is 0 Å². The van der Waals surface area contributed by atoms with E-state index in [-0.39, 0.29) is 10.8 Å². The van der Waals surface area contributed by atoms with Crippen molar-refractivity contribution < 1.29 is 0 Å². The van der Waals surface area contributed by atoms with E-state index in [9.17, 15) is 0 Å². The number of para-hydroxylation sites is 4. The molecule has 0 atom stereocenters. The summed E-state index contributed by atoms with van der Waals surface area (Å²) in [5.74, 6) is 0.349. The van der Waals surface area contributed by atoms with Crippen LogP contribution in [0.5, 0.6) is 0 Å². The predicted molar refractivity (Wildman–Crippen MR) is 225 cm³/mol. The van der Waals surface area contributed by atoms with E-state index in [1.54, 1.807) is 0 Å². The Balaban J connectivity index is 1.20. The highest BCUT2D eigenvalue weighted by Gasteiger charge is 2.43. The second kappa shape index (κ2) is 12.4. The lowest BCUT2D eigenvalue weighted by atomic mass is 9.79. The minimum absolute atomic E-state index is 0.170. The van der Waals surface area contributed by atoms with Crippen LogP contribution in [0.2, 0.25) is 0 Å². The Morgan fingerprint density at radius 2 is 0.755 bits per heavy atom. The summed E-state index contributed by atoms with van der Waals surface area (Å²) in [6.07, 6.45) is 0. The number of anilines is 6. The van der Waals surface area contributed by atoms with E-state index in [4.69, 9.17) is 0 Å². The van der Waals surface area contributed by atoms with Crippen LogP contribution >= 0.6 is 0 Å². The molecule has 9 rings (SSSR count). The average molecular weight is 687 g/mol. The molecule has 2 aliphatic carbocycles. The summed E-state index contributed by atoms with van der Waals surface area (Å²) in [7, 11) is 0. The smallest absolute Gasteiger partial charge is 0.0467 e. The molecule has 0 aliphatic heterocycles. The molecular weight excluding hydrogens is 641 g/mol. The summed E-state index contributed by atoms with van der Waals surface area (Å²) in [5.41, 5.74) is 19.2. The molecule has 0 bridgehead atoms. The van der Waals surface area contributed by atoms with Crippen LogP contribution in [0.4, 0.5) is 34.1 Å². The molecular formula is C51H46N2. The van der Waals surface area contributed by atoms with Crippen LogP contribution < -0.4 is 9.80 Å². The molecule has 260 valence electrons. The third-order valence-electron chi connectivity index (χ3n) is 11.8. The van der Waals surface area contributed by atoms with Gasteiger partial charge in [-0.05, 0) is 141 Å². The zero-order valence-corrected chi connectivity index (χ0v) is 31.6. The first-order valence-corrected chi connectivity index (χ1v) is 19.0. The van der Waals surface area contributed by atoms with E-state index in [1.807, 2.05) is 0 Å². The van der Waals surface area contributed by atoms with Crippen molar-refractivity contribution in [2.75, 3.05) is 9.80 Å². The summed E-state index contributed by atoms with van der Waals surface area (Å²) < 4.78 is 0. The third kappa shape index (κ3) is 5.23. The molecule has 2 nitrogen and oxygen atoms in total. The summed E-state index contributed by atoms with van der Waals surface area (Å²) in [5, 5.41) is 0. The first kappa shape index (κ1) is 33.0. The number of hydrogen-bond donors (Lipinski definition) is 0. The van der Waals surface area contributed by atoms with Crippen LogP contribution in [0.1, 0.15) is 75.3 Å². The zero-order valence-electron chi connectivity index (χ0n) is 31.6. The van der Waals surface area contributed by atoms with Crippen molar-refractivity contribution in [3.63, 3.8) is 0 Å².